The predicted octanol–water partition coefficient (Wildman–Crippen LogP) is 2.91. The van der Waals surface area contributed by atoms with Crippen molar-refractivity contribution in [2.24, 2.45) is 0 Å². The van der Waals surface area contributed by atoms with Gasteiger partial charge in [-0.2, -0.15) is 0 Å². The highest BCUT2D eigenvalue weighted by Crippen LogP contribution is 2.27. The Morgan fingerprint density at radius 1 is 1.42 bits per heavy atom. The van der Waals surface area contributed by atoms with Crippen molar-refractivity contribution in [1.29, 1.82) is 0 Å². The number of aromatic nitrogens is 3. The van der Waals surface area contributed by atoms with E-state index in [0.29, 0.717) is 0 Å². The summed E-state index contributed by atoms with van der Waals surface area (Å²) in [7, 11) is 1.98. The van der Waals surface area contributed by atoms with Gasteiger partial charge >= 0.3 is 0 Å². The zero-order valence-electron chi connectivity index (χ0n) is 11.5. The zero-order chi connectivity index (χ0) is 13.8. The largest absolute Gasteiger partial charge is 0.308 e. The van der Waals surface area contributed by atoms with Crippen molar-refractivity contribution in [3.05, 3.63) is 44.8 Å². The van der Waals surface area contributed by atoms with Crippen molar-refractivity contribution in [3.63, 3.8) is 0 Å². The molecule has 1 heterocycles. The van der Waals surface area contributed by atoms with Gasteiger partial charge in [-0.1, -0.05) is 30.3 Å². The number of aryl methyl sites for hydroxylation is 2. The summed E-state index contributed by atoms with van der Waals surface area (Å²) >= 11 is 2.41. The molecule has 1 atom stereocenters. The molecule has 1 unspecified atom stereocenters. The van der Waals surface area contributed by atoms with E-state index >= 15 is 0 Å². The highest BCUT2D eigenvalue weighted by Gasteiger charge is 2.20. The predicted molar refractivity (Wildman–Crippen MR) is 85.1 cm³/mol. The Bertz CT molecular complexity index is 550. The lowest BCUT2D eigenvalue weighted by atomic mass is 10.0. The van der Waals surface area contributed by atoms with E-state index in [1.165, 1.54) is 14.7 Å². The second kappa shape index (κ2) is 6.47. The maximum absolute atomic E-state index is 4.18. The van der Waals surface area contributed by atoms with Gasteiger partial charge in [0.05, 0.1) is 17.9 Å². The van der Waals surface area contributed by atoms with Crippen LogP contribution in [0.15, 0.2) is 24.4 Å². The summed E-state index contributed by atoms with van der Waals surface area (Å²) in [5, 5.41) is 11.6. The lowest BCUT2D eigenvalue weighted by molar-refractivity contribution is 0.522. The summed E-state index contributed by atoms with van der Waals surface area (Å²) in [6.07, 6.45) is 2.91. The van der Waals surface area contributed by atoms with Gasteiger partial charge < -0.3 is 5.32 Å². The van der Waals surface area contributed by atoms with Crippen LogP contribution in [-0.4, -0.2) is 22.0 Å². The van der Waals surface area contributed by atoms with Crippen LogP contribution in [0.3, 0.4) is 0 Å². The Hall–Kier alpha value is -0.950. The highest BCUT2D eigenvalue weighted by molar-refractivity contribution is 14.1. The monoisotopic (exact) mass is 370 g/mol. The molecular formula is C14H19IN4. The quantitative estimate of drug-likeness (QED) is 0.824. The van der Waals surface area contributed by atoms with Gasteiger partial charge in [-0.3, -0.25) is 0 Å². The van der Waals surface area contributed by atoms with Crippen molar-refractivity contribution >= 4 is 22.6 Å². The van der Waals surface area contributed by atoms with E-state index in [0.717, 1.165) is 18.7 Å². The van der Waals surface area contributed by atoms with Crippen molar-refractivity contribution in [1.82, 2.24) is 20.3 Å². The Morgan fingerprint density at radius 2 is 2.21 bits per heavy atom. The molecule has 1 N–H and O–H groups in total. The lowest BCUT2D eigenvalue weighted by Crippen LogP contribution is -2.22. The van der Waals surface area contributed by atoms with Gasteiger partial charge in [0, 0.05) is 10.1 Å². The van der Waals surface area contributed by atoms with Crippen LogP contribution < -0.4 is 5.32 Å². The fourth-order valence-corrected chi connectivity index (χ4v) is 2.90. The lowest BCUT2D eigenvalue weighted by Gasteiger charge is -2.19. The number of nitrogens with zero attached hydrogens (tertiary/aromatic N) is 3. The van der Waals surface area contributed by atoms with Crippen LogP contribution in [0.2, 0.25) is 0 Å². The first-order valence-corrected chi connectivity index (χ1v) is 7.57. The molecule has 0 aliphatic heterocycles. The molecular weight excluding hydrogens is 351 g/mol. The minimum absolute atomic E-state index is 0.133. The third-order valence-electron chi connectivity index (χ3n) is 3.20. The summed E-state index contributed by atoms with van der Waals surface area (Å²) in [5.74, 6) is 0. The third-order valence-corrected chi connectivity index (χ3v) is 4.67. The molecule has 0 saturated carbocycles. The summed E-state index contributed by atoms with van der Waals surface area (Å²) in [5.41, 5.74) is 3.70. The summed E-state index contributed by atoms with van der Waals surface area (Å²) < 4.78 is 3.28. The van der Waals surface area contributed by atoms with Crippen LogP contribution in [0.1, 0.15) is 36.2 Å². The molecule has 1 aromatic heterocycles. The Balaban J connectivity index is 2.44. The SMILES string of the molecule is CCCn1nncc1C(NC)c1cccc(C)c1I. The van der Waals surface area contributed by atoms with Crippen molar-refractivity contribution in [2.75, 3.05) is 7.05 Å². The minimum atomic E-state index is 0.133. The zero-order valence-corrected chi connectivity index (χ0v) is 13.7. The van der Waals surface area contributed by atoms with Crippen LogP contribution in [0.5, 0.6) is 0 Å². The van der Waals surface area contributed by atoms with Gasteiger partial charge in [0.2, 0.25) is 0 Å². The Morgan fingerprint density at radius 3 is 2.89 bits per heavy atom. The van der Waals surface area contributed by atoms with Gasteiger partial charge in [0.15, 0.2) is 0 Å². The number of benzene rings is 1. The van der Waals surface area contributed by atoms with E-state index in [1.54, 1.807) is 0 Å². The Kier molecular flexibility index (Phi) is 4.93. The molecule has 0 radical (unpaired) electrons. The number of rotatable bonds is 5. The molecule has 102 valence electrons. The van der Waals surface area contributed by atoms with Crippen LogP contribution in [-0.2, 0) is 6.54 Å². The average molecular weight is 370 g/mol. The molecule has 2 aromatic rings. The molecule has 19 heavy (non-hydrogen) atoms. The fraction of sp³-hybridized carbons (Fsp3) is 0.429. The van der Waals surface area contributed by atoms with Gasteiger partial charge in [-0.05, 0) is 54.1 Å². The molecule has 0 amide bonds. The third kappa shape index (κ3) is 2.97. The molecule has 2 rings (SSSR count). The molecule has 1 aromatic carbocycles. The molecule has 5 heteroatoms. The molecule has 0 aliphatic carbocycles. The van der Waals surface area contributed by atoms with Gasteiger partial charge in [-0.15, -0.1) is 5.10 Å². The van der Waals surface area contributed by atoms with Crippen molar-refractivity contribution in [2.45, 2.75) is 32.9 Å². The van der Waals surface area contributed by atoms with E-state index < -0.39 is 0 Å². The van der Waals surface area contributed by atoms with Crippen molar-refractivity contribution < 1.29 is 0 Å². The first-order valence-electron chi connectivity index (χ1n) is 6.49. The van der Waals surface area contributed by atoms with Gasteiger partial charge in [0.1, 0.15) is 0 Å². The topological polar surface area (TPSA) is 42.7 Å². The number of hydrogen-bond acceptors (Lipinski definition) is 3. The van der Waals surface area contributed by atoms with Crippen LogP contribution in [0.25, 0.3) is 0 Å². The number of halogens is 1. The molecule has 0 bridgehead atoms. The van der Waals surface area contributed by atoms with Crippen molar-refractivity contribution in [3.8, 4) is 0 Å². The molecule has 0 aliphatic rings. The fourth-order valence-electron chi connectivity index (χ4n) is 2.23. The average Bonchev–Trinajstić information content (AvgIpc) is 2.84. The maximum atomic E-state index is 4.18. The van der Waals surface area contributed by atoms with E-state index in [-0.39, 0.29) is 6.04 Å². The summed E-state index contributed by atoms with van der Waals surface area (Å²) in [4.78, 5) is 0. The maximum Gasteiger partial charge on any atom is 0.0802 e. The molecule has 0 spiro atoms. The van der Waals surface area contributed by atoms with Gasteiger partial charge in [0.25, 0.3) is 0 Å². The molecule has 0 saturated heterocycles. The minimum Gasteiger partial charge on any atom is -0.308 e. The first kappa shape index (κ1) is 14.5. The van der Waals surface area contributed by atoms with E-state index in [9.17, 15) is 0 Å². The standard InChI is InChI=1S/C14H19IN4/c1-4-8-19-12(9-17-18-19)14(16-3)11-7-5-6-10(2)13(11)15/h5-7,9,14,16H,4,8H2,1-3H3. The van der Waals surface area contributed by atoms with Crippen LogP contribution in [0.4, 0.5) is 0 Å². The summed E-state index contributed by atoms with van der Waals surface area (Å²) in [6, 6.07) is 6.54. The molecule has 4 nitrogen and oxygen atoms in total. The Labute approximate surface area is 127 Å². The molecule has 0 fully saturated rings. The highest BCUT2D eigenvalue weighted by atomic mass is 127. The summed E-state index contributed by atoms with van der Waals surface area (Å²) in [6.45, 7) is 5.19. The first-order chi connectivity index (χ1) is 9.19. The second-order valence-electron chi connectivity index (χ2n) is 4.58. The van der Waals surface area contributed by atoms with Crippen LogP contribution >= 0.6 is 22.6 Å². The van der Waals surface area contributed by atoms with E-state index in [4.69, 9.17) is 0 Å². The smallest absolute Gasteiger partial charge is 0.0802 e. The van der Waals surface area contributed by atoms with Gasteiger partial charge in [-0.25, -0.2) is 4.68 Å². The normalized spacial score (nSPS) is 12.6. The van der Waals surface area contributed by atoms with E-state index in [1.807, 2.05) is 17.9 Å². The second-order valence-corrected chi connectivity index (χ2v) is 5.66. The number of nitrogens with one attached hydrogen (secondary N) is 1. The van der Waals surface area contributed by atoms with E-state index in [2.05, 4.69) is 70.3 Å². The number of hydrogen-bond donors (Lipinski definition) is 1. The van der Waals surface area contributed by atoms with Crippen LogP contribution in [0, 0.1) is 10.5 Å².